The Labute approximate surface area is 142 Å². The molecule has 0 unspecified atom stereocenters. The second-order valence-electron chi connectivity index (χ2n) is 4.93. The summed E-state index contributed by atoms with van der Waals surface area (Å²) < 4.78 is 38.2. The first-order valence-corrected chi connectivity index (χ1v) is 7.57. The predicted molar refractivity (Wildman–Crippen MR) is 84.1 cm³/mol. The second-order valence-corrected chi connectivity index (χ2v) is 5.74. The fraction of sp³-hybridized carbons (Fsp3) is 0.214. The lowest BCUT2D eigenvalue weighted by atomic mass is 10.2. The van der Waals surface area contributed by atoms with Crippen LogP contribution < -0.4 is 5.32 Å². The number of fused-ring (bicyclic) bond motifs is 1. The Balaban J connectivity index is 1.87. The molecule has 3 heterocycles. The fourth-order valence-corrected chi connectivity index (χ4v) is 2.33. The number of halogens is 4. The summed E-state index contributed by atoms with van der Waals surface area (Å²) in [6, 6.07) is 3.17. The number of anilines is 1. The third-order valence-electron chi connectivity index (χ3n) is 3.23. The van der Waals surface area contributed by atoms with E-state index in [1.54, 1.807) is 19.1 Å². The van der Waals surface area contributed by atoms with E-state index in [2.05, 4.69) is 46.2 Å². The molecule has 0 aliphatic carbocycles. The first-order chi connectivity index (χ1) is 11.3. The van der Waals surface area contributed by atoms with Crippen molar-refractivity contribution in [1.82, 2.24) is 24.9 Å². The molecule has 10 heteroatoms. The molecule has 0 amide bonds. The third-order valence-corrected chi connectivity index (χ3v) is 3.67. The van der Waals surface area contributed by atoms with Crippen LogP contribution in [0.3, 0.4) is 0 Å². The summed E-state index contributed by atoms with van der Waals surface area (Å²) in [5.74, 6) is -0.703. The molecule has 1 N–H and O–H groups in total. The molecule has 6 nitrogen and oxygen atoms in total. The molecular weight excluding hydrogens is 389 g/mol. The first-order valence-electron chi connectivity index (χ1n) is 6.77. The zero-order valence-electron chi connectivity index (χ0n) is 12.2. The maximum absolute atomic E-state index is 12.5. The van der Waals surface area contributed by atoms with E-state index in [4.69, 9.17) is 0 Å². The van der Waals surface area contributed by atoms with Gasteiger partial charge in [-0.1, -0.05) is 0 Å². The van der Waals surface area contributed by atoms with Crippen molar-refractivity contribution in [3.05, 3.63) is 46.8 Å². The van der Waals surface area contributed by atoms with Crippen LogP contribution in [-0.4, -0.2) is 24.9 Å². The van der Waals surface area contributed by atoms with Crippen molar-refractivity contribution in [2.45, 2.75) is 19.1 Å². The minimum absolute atomic E-state index is 0.369. The van der Waals surface area contributed by atoms with Gasteiger partial charge >= 0.3 is 6.18 Å². The zero-order valence-corrected chi connectivity index (χ0v) is 13.8. The number of nitrogens with one attached hydrogen (secondary N) is 1. The lowest BCUT2D eigenvalue weighted by molar-refractivity contribution is -0.145. The quantitative estimate of drug-likeness (QED) is 0.676. The summed E-state index contributed by atoms with van der Waals surface area (Å²) in [4.78, 5) is 19.3. The molecule has 24 heavy (non-hydrogen) atoms. The Hall–Kier alpha value is -2.36. The highest BCUT2D eigenvalue weighted by molar-refractivity contribution is 9.10. The van der Waals surface area contributed by atoms with Gasteiger partial charge in [0, 0.05) is 18.0 Å². The van der Waals surface area contributed by atoms with Crippen molar-refractivity contribution < 1.29 is 13.2 Å². The van der Waals surface area contributed by atoms with Crippen molar-refractivity contribution in [3.8, 4) is 0 Å². The van der Waals surface area contributed by atoms with Gasteiger partial charge in [0.05, 0.1) is 11.6 Å². The minimum atomic E-state index is -4.56. The zero-order chi connectivity index (χ0) is 17.3. The van der Waals surface area contributed by atoms with Crippen LogP contribution in [-0.2, 0) is 6.18 Å². The smallest absolute Gasteiger partial charge is 0.362 e. The highest BCUT2D eigenvalue weighted by Gasteiger charge is 2.34. The van der Waals surface area contributed by atoms with Crippen LogP contribution in [0.25, 0.3) is 11.0 Å². The number of hydrogen-bond acceptors (Lipinski definition) is 6. The van der Waals surface area contributed by atoms with E-state index in [-0.39, 0.29) is 6.04 Å². The molecule has 3 aromatic rings. The van der Waals surface area contributed by atoms with Gasteiger partial charge in [0.25, 0.3) is 0 Å². The van der Waals surface area contributed by atoms with Gasteiger partial charge in [-0.15, -0.1) is 0 Å². The van der Waals surface area contributed by atoms with Gasteiger partial charge in [-0.3, -0.25) is 0 Å². The van der Waals surface area contributed by atoms with Crippen LogP contribution in [0, 0.1) is 0 Å². The van der Waals surface area contributed by atoms with Crippen molar-refractivity contribution in [1.29, 1.82) is 0 Å². The van der Waals surface area contributed by atoms with Crippen LogP contribution in [0.4, 0.5) is 19.0 Å². The normalized spacial score (nSPS) is 13.0. The molecule has 0 bridgehead atoms. The molecule has 0 saturated carbocycles. The van der Waals surface area contributed by atoms with Crippen LogP contribution in [0.15, 0.2) is 35.5 Å². The average Bonchev–Trinajstić information content (AvgIpc) is 2.54. The van der Waals surface area contributed by atoms with E-state index in [0.29, 0.717) is 27.0 Å². The number of pyridine rings is 1. The molecule has 3 aromatic heterocycles. The Morgan fingerprint density at radius 3 is 2.46 bits per heavy atom. The van der Waals surface area contributed by atoms with Crippen molar-refractivity contribution in [3.63, 3.8) is 0 Å². The van der Waals surface area contributed by atoms with Crippen molar-refractivity contribution in [2.75, 3.05) is 5.32 Å². The molecule has 0 aliphatic rings. The molecule has 0 aliphatic heterocycles. The summed E-state index contributed by atoms with van der Waals surface area (Å²) >= 11 is 3.28. The third kappa shape index (κ3) is 3.42. The van der Waals surface area contributed by atoms with Gasteiger partial charge in [-0.2, -0.15) is 13.2 Å². The van der Waals surface area contributed by atoms with Gasteiger partial charge in [-0.05, 0) is 35.0 Å². The number of hydrogen-bond donors (Lipinski definition) is 1. The molecule has 0 spiro atoms. The lowest BCUT2D eigenvalue weighted by Gasteiger charge is -2.15. The summed E-state index contributed by atoms with van der Waals surface area (Å²) in [6.07, 6.45) is -0.898. The van der Waals surface area contributed by atoms with Crippen molar-refractivity contribution >= 4 is 32.8 Å². The molecule has 1 atom stereocenters. The van der Waals surface area contributed by atoms with E-state index >= 15 is 0 Å². The van der Waals surface area contributed by atoms with Gasteiger partial charge in [0.1, 0.15) is 16.4 Å². The maximum atomic E-state index is 12.5. The first kappa shape index (κ1) is 16.5. The lowest BCUT2D eigenvalue weighted by Crippen LogP contribution is -2.14. The molecule has 0 saturated heterocycles. The van der Waals surface area contributed by atoms with Gasteiger partial charge < -0.3 is 5.32 Å². The van der Waals surface area contributed by atoms with Crippen LogP contribution in [0.2, 0.25) is 0 Å². The monoisotopic (exact) mass is 398 g/mol. The molecule has 0 aromatic carbocycles. The summed E-state index contributed by atoms with van der Waals surface area (Å²) in [7, 11) is 0. The molecule has 0 fully saturated rings. The largest absolute Gasteiger partial charge is 0.451 e. The highest BCUT2D eigenvalue weighted by atomic mass is 79.9. The highest BCUT2D eigenvalue weighted by Crippen LogP contribution is 2.27. The summed E-state index contributed by atoms with van der Waals surface area (Å²) in [5.41, 5.74) is 1.68. The van der Waals surface area contributed by atoms with E-state index in [0.717, 1.165) is 12.4 Å². The van der Waals surface area contributed by atoms with Crippen LogP contribution in [0.1, 0.15) is 24.4 Å². The molecule has 3 rings (SSSR count). The summed E-state index contributed by atoms with van der Waals surface area (Å²) in [6.45, 7) is 1.76. The average molecular weight is 399 g/mol. The Bertz CT molecular complexity index is 869. The Morgan fingerprint density at radius 1 is 1.08 bits per heavy atom. The molecule has 0 radical (unpaired) electrons. The number of rotatable bonds is 3. The minimum Gasteiger partial charge on any atom is -0.362 e. The Kier molecular flexibility index (Phi) is 4.31. The van der Waals surface area contributed by atoms with Crippen LogP contribution in [0.5, 0.6) is 0 Å². The van der Waals surface area contributed by atoms with E-state index in [9.17, 15) is 13.2 Å². The topological polar surface area (TPSA) is 76.5 Å². The van der Waals surface area contributed by atoms with Crippen molar-refractivity contribution in [2.24, 2.45) is 0 Å². The van der Waals surface area contributed by atoms with Gasteiger partial charge in [0.15, 0.2) is 5.82 Å². The molecule has 124 valence electrons. The predicted octanol–water partition coefficient (Wildman–Crippen LogP) is 3.77. The second kappa shape index (κ2) is 6.27. The maximum Gasteiger partial charge on any atom is 0.451 e. The Morgan fingerprint density at radius 2 is 1.79 bits per heavy atom. The standard InChI is InChI=1S/C14H10BrF3N6/c1-7(8-4-19-13(20-5-8)14(16,17)18)23-12-11-9(21-6-22-12)2-3-10(15)24-11/h2-7H,1H3,(H,21,22,23)/t7-/m1/s1. The van der Waals surface area contributed by atoms with E-state index < -0.39 is 12.0 Å². The van der Waals surface area contributed by atoms with Crippen LogP contribution >= 0.6 is 15.9 Å². The number of alkyl halides is 3. The van der Waals surface area contributed by atoms with E-state index in [1.807, 2.05) is 0 Å². The number of aromatic nitrogens is 5. The van der Waals surface area contributed by atoms with Gasteiger partial charge in [-0.25, -0.2) is 24.9 Å². The SMILES string of the molecule is C[C@@H](Nc1ncnc2ccc(Br)nc12)c1cnc(C(F)(F)F)nc1. The number of nitrogens with zero attached hydrogens (tertiary/aromatic N) is 5. The fourth-order valence-electron chi connectivity index (χ4n) is 2.02. The molecular formula is C14H10BrF3N6. The van der Waals surface area contributed by atoms with Gasteiger partial charge in [0.2, 0.25) is 5.82 Å². The van der Waals surface area contributed by atoms with E-state index in [1.165, 1.54) is 6.33 Å². The summed E-state index contributed by atoms with van der Waals surface area (Å²) in [5, 5.41) is 3.09.